The lowest BCUT2D eigenvalue weighted by molar-refractivity contribution is 0.607. The number of hydrogen-bond donors (Lipinski definition) is 1. The van der Waals surface area contributed by atoms with Crippen molar-refractivity contribution in [3.63, 3.8) is 0 Å². The maximum Gasteiger partial charge on any atom is 0.152 e. The Morgan fingerprint density at radius 2 is 2.21 bits per heavy atom. The third kappa shape index (κ3) is 1.51. The van der Waals surface area contributed by atoms with Crippen molar-refractivity contribution in [1.29, 1.82) is 0 Å². The average Bonchev–Trinajstić information content (AvgIpc) is 2.49. The van der Waals surface area contributed by atoms with Crippen LogP contribution in [0.2, 0.25) is 5.02 Å². The fourth-order valence-electron chi connectivity index (χ4n) is 1.61. The second kappa shape index (κ2) is 3.64. The largest absolute Gasteiger partial charge is 0.462 e. The van der Waals surface area contributed by atoms with E-state index in [0.717, 1.165) is 28.6 Å². The van der Waals surface area contributed by atoms with Gasteiger partial charge in [-0.25, -0.2) is 0 Å². The van der Waals surface area contributed by atoms with Gasteiger partial charge in [0.2, 0.25) is 0 Å². The normalized spacial score (nSPS) is 11.1. The minimum atomic E-state index is 0.683. The van der Waals surface area contributed by atoms with Gasteiger partial charge in [-0.15, -0.1) is 0 Å². The summed E-state index contributed by atoms with van der Waals surface area (Å²) in [6.07, 6.45) is 1.76. The smallest absolute Gasteiger partial charge is 0.152 e. The van der Waals surface area contributed by atoms with Crippen molar-refractivity contribution in [2.75, 3.05) is 7.05 Å². The summed E-state index contributed by atoms with van der Waals surface area (Å²) in [5.41, 5.74) is 3.08. The molecule has 1 heterocycles. The number of hydrogen-bond acceptors (Lipinski definition) is 2. The van der Waals surface area contributed by atoms with Crippen LogP contribution in [0.25, 0.3) is 11.0 Å². The topological polar surface area (TPSA) is 25.2 Å². The molecule has 14 heavy (non-hydrogen) atoms. The number of benzene rings is 1. The Bertz CT molecular complexity index is 462. The third-order valence-electron chi connectivity index (χ3n) is 2.22. The molecule has 0 saturated carbocycles. The van der Waals surface area contributed by atoms with E-state index in [1.165, 1.54) is 0 Å². The van der Waals surface area contributed by atoms with Crippen LogP contribution in [-0.2, 0) is 6.54 Å². The average molecular weight is 210 g/mol. The Morgan fingerprint density at radius 1 is 1.43 bits per heavy atom. The van der Waals surface area contributed by atoms with Crippen LogP contribution in [0.4, 0.5) is 0 Å². The van der Waals surface area contributed by atoms with Crippen molar-refractivity contribution >= 4 is 22.6 Å². The molecule has 0 aliphatic heterocycles. The molecule has 0 unspecified atom stereocenters. The number of rotatable bonds is 2. The first-order chi connectivity index (χ1) is 6.72. The summed E-state index contributed by atoms with van der Waals surface area (Å²) >= 11 is 6.06. The highest BCUT2D eigenvalue weighted by Gasteiger charge is 2.08. The molecule has 0 aliphatic rings. The number of halogens is 1. The maximum absolute atomic E-state index is 6.06. The molecule has 0 amide bonds. The molecule has 2 rings (SSSR count). The SMILES string of the molecule is CNCc1coc2c(Cl)cc(C)cc12. The summed E-state index contributed by atoms with van der Waals surface area (Å²) in [7, 11) is 1.91. The van der Waals surface area contributed by atoms with E-state index in [1.54, 1.807) is 6.26 Å². The number of fused-ring (bicyclic) bond motifs is 1. The molecule has 2 aromatic rings. The monoisotopic (exact) mass is 209 g/mol. The Balaban J connectivity index is 2.66. The van der Waals surface area contributed by atoms with E-state index in [2.05, 4.69) is 11.4 Å². The molecule has 0 aliphatic carbocycles. The Kier molecular flexibility index (Phi) is 2.48. The van der Waals surface area contributed by atoms with Gasteiger partial charge in [0.05, 0.1) is 11.3 Å². The van der Waals surface area contributed by atoms with E-state index in [9.17, 15) is 0 Å². The summed E-state index contributed by atoms with van der Waals surface area (Å²) in [4.78, 5) is 0. The van der Waals surface area contributed by atoms with Gasteiger partial charge in [0.1, 0.15) is 0 Å². The minimum absolute atomic E-state index is 0.683. The molecular formula is C11H12ClNO. The van der Waals surface area contributed by atoms with Gasteiger partial charge in [-0.2, -0.15) is 0 Å². The molecule has 0 spiro atoms. The number of nitrogens with one attached hydrogen (secondary N) is 1. The molecule has 0 saturated heterocycles. The highest BCUT2D eigenvalue weighted by molar-refractivity contribution is 6.35. The van der Waals surface area contributed by atoms with Crippen molar-refractivity contribution < 1.29 is 4.42 Å². The summed E-state index contributed by atoms with van der Waals surface area (Å²) in [6.45, 7) is 2.83. The summed E-state index contributed by atoms with van der Waals surface area (Å²) in [6, 6.07) is 4.01. The first kappa shape index (κ1) is 9.56. The highest BCUT2D eigenvalue weighted by atomic mass is 35.5. The molecule has 0 fully saturated rings. The van der Waals surface area contributed by atoms with Gasteiger partial charge in [-0.1, -0.05) is 11.6 Å². The predicted molar refractivity (Wildman–Crippen MR) is 58.7 cm³/mol. The number of furan rings is 1. The van der Waals surface area contributed by atoms with E-state index in [4.69, 9.17) is 16.0 Å². The molecule has 1 N–H and O–H groups in total. The van der Waals surface area contributed by atoms with Gasteiger partial charge in [0.15, 0.2) is 5.58 Å². The molecule has 2 nitrogen and oxygen atoms in total. The van der Waals surface area contributed by atoms with Crippen molar-refractivity contribution in [2.45, 2.75) is 13.5 Å². The number of aryl methyl sites for hydroxylation is 1. The van der Waals surface area contributed by atoms with Crippen LogP contribution in [0, 0.1) is 6.92 Å². The first-order valence-electron chi connectivity index (χ1n) is 4.53. The Hall–Kier alpha value is -0.990. The lowest BCUT2D eigenvalue weighted by Crippen LogP contribution is -2.03. The standard InChI is InChI=1S/C11H12ClNO/c1-7-3-9-8(5-13-2)6-14-11(9)10(12)4-7/h3-4,6,13H,5H2,1-2H3. The van der Waals surface area contributed by atoms with Crippen molar-refractivity contribution in [3.05, 3.63) is 34.5 Å². The summed E-state index contributed by atoms with van der Waals surface area (Å²) in [5, 5.41) is 4.88. The van der Waals surface area contributed by atoms with Crippen molar-refractivity contribution in [2.24, 2.45) is 0 Å². The first-order valence-corrected chi connectivity index (χ1v) is 4.91. The van der Waals surface area contributed by atoms with Crippen LogP contribution in [0.3, 0.4) is 0 Å². The fraction of sp³-hybridized carbons (Fsp3) is 0.273. The molecule has 3 heteroatoms. The molecule has 1 aromatic heterocycles. The van der Waals surface area contributed by atoms with Crippen molar-refractivity contribution in [1.82, 2.24) is 5.32 Å². The van der Waals surface area contributed by atoms with Crippen LogP contribution in [-0.4, -0.2) is 7.05 Å². The van der Waals surface area contributed by atoms with Gasteiger partial charge in [-0.3, -0.25) is 0 Å². The Labute approximate surface area is 87.9 Å². The molecule has 0 atom stereocenters. The highest BCUT2D eigenvalue weighted by Crippen LogP contribution is 2.29. The van der Waals surface area contributed by atoms with Crippen LogP contribution in [0.15, 0.2) is 22.8 Å². The van der Waals surface area contributed by atoms with Gasteiger partial charge in [0.25, 0.3) is 0 Å². The Morgan fingerprint density at radius 3 is 2.93 bits per heavy atom. The van der Waals surface area contributed by atoms with E-state index in [-0.39, 0.29) is 0 Å². The van der Waals surface area contributed by atoms with E-state index < -0.39 is 0 Å². The maximum atomic E-state index is 6.06. The molecule has 1 aromatic carbocycles. The molecule has 0 radical (unpaired) electrons. The van der Waals surface area contributed by atoms with Crippen molar-refractivity contribution in [3.8, 4) is 0 Å². The lowest BCUT2D eigenvalue weighted by atomic mass is 10.1. The minimum Gasteiger partial charge on any atom is -0.462 e. The van der Waals surface area contributed by atoms with Crippen LogP contribution < -0.4 is 5.32 Å². The lowest BCUT2D eigenvalue weighted by Gasteiger charge is -1.98. The van der Waals surface area contributed by atoms with E-state index >= 15 is 0 Å². The summed E-state index contributed by atoms with van der Waals surface area (Å²) < 4.78 is 5.42. The zero-order valence-corrected chi connectivity index (χ0v) is 8.98. The van der Waals surface area contributed by atoms with Crippen LogP contribution in [0.5, 0.6) is 0 Å². The second-order valence-corrected chi connectivity index (χ2v) is 3.82. The molecule has 0 bridgehead atoms. The predicted octanol–water partition coefficient (Wildman–Crippen LogP) is 3.11. The fourth-order valence-corrected chi connectivity index (χ4v) is 1.93. The van der Waals surface area contributed by atoms with Gasteiger partial charge < -0.3 is 9.73 Å². The third-order valence-corrected chi connectivity index (χ3v) is 2.50. The molecular weight excluding hydrogens is 198 g/mol. The molecule has 74 valence electrons. The van der Waals surface area contributed by atoms with Gasteiger partial charge in [-0.05, 0) is 31.7 Å². The zero-order valence-electron chi connectivity index (χ0n) is 8.23. The van der Waals surface area contributed by atoms with E-state index in [1.807, 2.05) is 20.0 Å². The quantitative estimate of drug-likeness (QED) is 0.822. The summed E-state index contributed by atoms with van der Waals surface area (Å²) in [5.74, 6) is 0. The van der Waals surface area contributed by atoms with Gasteiger partial charge >= 0.3 is 0 Å². The second-order valence-electron chi connectivity index (χ2n) is 3.41. The van der Waals surface area contributed by atoms with E-state index in [0.29, 0.717) is 5.02 Å². The van der Waals surface area contributed by atoms with Crippen LogP contribution >= 0.6 is 11.6 Å². The van der Waals surface area contributed by atoms with Gasteiger partial charge in [0, 0.05) is 17.5 Å². The van der Waals surface area contributed by atoms with Crippen LogP contribution in [0.1, 0.15) is 11.1 Å². The zero-order chi connectivity index (χ0) is 10.1.